The van der Waals surface area contributed by atoms with E-state index in [1.165, 1.54) is 0 Å². The Labute approximate surface area is 172 Å². The van der Waals surface area contributed by atoms with E-state index in [4.69, 9.17) is 9.47 Å². The second-order valence-corrected chi connectivity index (χ2v) is 8.48. The van der Waals surface area contributed by atoms with Crippen molar-refractivity contribution in [1.82, 2.24) is 14.7 Å². The summed E-state index contributed by atoms with van der Waals surface area (Å²) in [5.74, 6) is 2.34. The molecule has 1 aliphatic heterocycles. The summed E-state index contributed by atoms with van der Waals surface area (Å²) in [7, 11) is 5.10. The van der Waals surface area contributed by atoms with Crippen LogP contribution in [0.15, 0.2) is 41.8 Å². The minimum atomic E-state index is -0.127. The Balaban J connectivity index is 1.67. The van der Waals surface area contributed by atoms with Gasteiger partial charge in [0.1, 0.15) is 28.3 Å². The Morgan fingerprint density at radius 3 is 2.79 bits per heavy atom. The molecule has 1 aromatic carbocycles. The first-order valence-corrected chi connectivity index (χ1v) is 10.8. The van der Waals surface area contributed by atoms with Gasteiger partial charge in [-0.25, -0.2) is 0 Å². The van der Waals surface area contributed by atoms with E-state index in [0.717, 1.165) is 33.4 Å². The highest BCUT2D eigenvalue weighted by Crippen LogP contribution is 2.44. The van der Waals surface area contributed by atoms with E-state index in [9.17, 15) is 4.79 Å². The van der Waals surface area contributed by atoms with E-state index in [1.807, 2.05) is 53.7 Å². The van der Waals surface area contributed by atoms with Crippen LogP contribution in [-0.2, 0) is 7.05 Å². The van der Waals surface area contributed by atoms with Gasteiger partial charge in [-0.05, 0) is 35.7 Å². The number of benzene rings is 1. The summed E-state index contributed by atoms with van der Waals surface area (Å²) < 4.78 is 12.6. The molecular formula is C20H21N3O3S2. The molecule has 1 fully saturated rings. The summed E-state index contributed by atoms with van der Waals surface area (Å²) in [6, 6.07) is 11.6. The number of hydrogen-bond donors (Lipinski definition) is 0. The second kappa shape index (κ2) is 7.89. The molecule has 28 heavy (non-hydrogen) atoms. The third-order valence-electron chi connectivity index (χ3n) is 4.73. The van der Waals surface area contributed by atoms with Crippen molar-refractivity contribution >= 4 is 29.0 Å². The molecule has 0 radical (unpaired) electrons. The van der Waals surface area contributed by atoms with E-state index < -0.39 is 0 Å². The molecule has 2 aromatic heterocycles. The van der Waals surface area contributed by atoms with Crippen molar-refractivity contribution in [3.05, 3.63) is 53.0 Å². The molecule has 6 nitrogen and oxygen atoms in total. The third kappa shape index (κ3) is 3.38. The minimum absolute atomic E-state index is 0.0299. The lowest BCUT2D eigenvalue weighted by Crippen LogP contribution is -2.32. The number of aryl methyl sites for hydroxylation is 1. The number of carbonyl (C=O) groups is 1. The molecular weight excluding hydrogens is 394 g/mol. The maximum absolute atomic E-state index is 13.4. The zero-order chi connectivity index (χ0) is 19.7. The van der Waals surface area contributed by atoms with Crippen LogP contribution in [-0.4, -0.2) is 47.1 Å². The van der Waals surface area contributed by atoms with Crippen LogP contribution >= 0.6 is 23.1 Å². The fraction of sp³-hybridized carbons (Fsp3) is 0.300. The number of thiophene rings is 1. The molecule has 8 heteroatoms. The highest BCUT2D eigenvalue weighted by atomic mass is 32.2. The Hall–Kier alpha value is -2.45. The number of nitrogens with zero attached hydrogens (tertiary/aromatic N) is 3. The molecule has 3 aromatic rings. The molecule has 1 amide bonds. The van der Waals surface area contributed by atoms with E-state index in [0.29, 0.717) is 12.2 Å². The molecule has 4 rings (SSSR count). The van der Waals surface area contributed by atoms with Crippen LogP contribution in [0.3, 0.4) is 0 Å². The first-order chi connectivity index (χ1) is 13.6. The van der Waals surface area contributed by atoms with Crippen molar-refractivity contribution in [3.8, 4) is 22.1 Å². The minimum Gasteiger partial charge on any atom is -0.497 e. The molecule has 0 N–H and O–H groups in total. The lowest BCUT2D eigenvalue weighted by Gasteiger charge is -2.25. The number of ether oxygens (including phenoxy) is 2. The van der Waals surface area contributed by atoms with Gasteiger partial charge >= 0.3 is 0 Å². The SMILES string of the molecule is COc1ccc(OC)c(C2SCCN2C(=O)c2cc(-c3cccs3)nn2C)c1. The van der Waals surface area contributed by atoms with Crippen LogP contribution in [0.1, 0.15) is 21.4 Å². The molecule has 1 aliphatic rings. The quantitative estimate of drug-likeness (QED) is 0.629. The standard InChI is InChI=1S/C20H21N3O3S2/c1-22-16(12-15(21-22)18-5-4-9-27-18)19(24)23-8-10-28-20(23)14-11-13(25-2)6-7-17(14)26-3/h4-7,9,11-12,20H,8,10H2,1-3H3. The molecule has 0 saturated carbocycles. The lowest BCUT2D eigenvalue weighted by molar-refractivity contribution is 0.0748. The maximum Gasteiger partial charge on any atom is 0.273 e. The van der Waals surface area contributed by atoms with Crippen molar-refractivity contribution in [2.75, 3.05) is 26.5 Å². The highest BCUT2D eigenvalue weighted by molar-refractivity contribution is 7.99. The third-order valence-corrected chi connectivity index (χ3v) is 6.86. The summed E-state index contributed by atoms with van der Waals surface area (Å²) >= 11 is 3.34. The average molecular weight is 416 g/mol. The van der Waals surface area contributed by atoms with E-state index >= 15 is 0 Å². The molecule has 0 bridgehead atoms. The maximum atomic E-state index is 13.4. The summed E-state index contributed by atoms with van der Waals surface area (Å²) in [4.78, 5) is 16.3. The van der Waals surface area contributed by atoms with E-state index in [2.05, 4.69) is 5.10 Å². The first-order valence-electron chi connectivity index (χ1n) is 8.84. The Morgan fingerprint density at radius 2 is 2.07 bits per heavy atom. The zero-order valence-electron chi connectivity index (χ0n) is 15.9. The first kappa shape index (κ1) is 18.9. The number of methoxy groups -OCH3 is 2. The largest absolute Gasteiger partial charge is 0.497 e. The molecule has 0 aliphatic carbocycles. The van der Waals surface area contributed by atoms with Gasteiger partial charge in [0.2, 0.25) is 0 Å². The van der Waals surface area contributed by atoms with Gasteiger partial charge in [0, 0.05) is 24.9 Å². The predicted octanol–water partition coefficient (Wildman–Crippen LogP) is 4.05. The zero-order valence-corrected chi connectivity index (χ0v) is 17.5. The van der Waals surface area contributed by atoms with Gasteiger partial charge in [0.25, 0.3) is 5.91 Å². The summed E-state index contributed by atoms with van der Waals surface area (Å²) in [5.41, 5.74) is 2.35. The Bertz CT molecular complexity index is 985. The highest BCUT2D eigenvalue weighted by Gasteiger charge is 2.34. The molecule has 0 spiro atoms. The van der Waals surface area contributed by atoms with Crippen LogP contribution in [0.4, 0.5) is 0 Å². The van der Waals surface area contributed by atoms with Crippen LogP contribution in [0.2, 0.25) is 0 Å². The topological polar surface area (TPSA) is 56.6 Å². The van der Waals surface area contributed by atoms with Gasteiger partial charge in [-0.15, -0.1) is 23.1 Å². The van der Waals surface area contributed by atoms with E-state index in [-0.39, 0.29) is 11.3 Å². The molecule has 146 valence electrons. The predicted molar refractivity (Wildman–Crippen MR) is 112 cm³/mol. The fourth-order valence-corrected chi connectivity index (χ4v) is 5.28. The van der Waals surface area contributed by atoms with Crippen LogP contribution in [0.5, 0.6) is 11.5 Å². The van der Waals surface area contributed by atoms with Crippen molar-refractivity contribution in [2.45, 2.75) is 5.37 Å². The van der Waals surface area contributed by atoms with Gasteiger partial charge in [0.15, 0.2) is 0 Å². The number of amides is 1. The molecule has 1 atom stereocenters. The van der Waals surface area contributed by atoms with Crippen LogP contribution in [0, 0.1) is 0 Å². The Morgan fingerprint density at radius 1 is 1.21 bits per heavy atom. The molecule has 1 saturated heterocycles. The smallest absolute Gasteiger partial charge is 0.273 e. The number of carbonyl (C=O) groups excluding carboxylic acids is 1. The van der Waals surface area contributed by atoms with Gasteiger partial charge in [-0.1, -0.05) is 6.07 Å². The lowest BCUT2D eigenvalue weighted by atomic mass is 10.1. The summed E-state index contributed by atoms with van der Waals surface area (Å²) in [5, 5.41) is 6.41. The van der Waals surface area contributed by atoms with Crippen LogP contribution < -0.4 is 9.47 Å². The number of thioether (sulfide) groups is 1. The summed E-state index contributed by atoms with van der Waals surface area (Å²) in [6.45, 7) is 0.675. The van der Waals surface area contributed by atoms with Crippen molar-refractivity contribution in [3.63, 3.8) is 0 Å². The molecule has 3 heterocycles. The van der Waals surface area contributed by atoms with Crippen molar-refractivity contribution in [1.29, 1.82) is 0 Å². The average Bonchev–Trinajstić information content (AvgIpc) is 3.46. The second-order valence-electron chi connectivity index (χ2n) is 6.35. The van der Waals surface area contributed by atoms with Crippen molar-refractivity contribution in [2.24, 2.45) is 7.05 Å². The number of hydrogen-bond acceptors (Lipinski definition) is 6. The fourth-order valence-electron chi connectivity index (χ4n) is 3.33. The monoisotopic (exact) mass is 415 g/mol. The summed E-state index contributed by atoms with van der Waals surface area (Å²) in [6.07, 6.45) is 0. The van der Waals surface area contributed by atoms with Crippen LogP contribution in [0.25, 0.3) is 10.6 Å². The van der Waals surface area contributed by atoms with Crippen molar-refractivity contribution < 1.29 is 14.3 Å². The van der Waals surface area contributed by atoms with Gasteiger partial charge in [-0.3, -0.25) is 9.48 Å². The van der Waals surface area contributed by atoms with Gasteiger partial charge in [0.05, 0.1) is 19.1 Å². The normalized spacial score (nSPS) is 16.4. The van der Waals surface area contributed by atoms with E-state index in [1.54, 1.807) is 42.0 Å². The number of aromatic nitrogens is 2. The van der Waals surface area contributed by atoms with Gasteiger partial charge in [-0.2, -0.15) is 5.10 Å². The number of rotatable bonds is 5. The Kier molecular flexibility index (Phi) is 5.32. The van der Waals surface area contributed by atoms with Gasteiger partial charge < -0.3 is 14.4 Å². The molecule has 1 unspecified atom stereocenters.